The van der Waals surface area contributed by atoms with Crippen LogP contribution in [0, 0.1) is 5.82 Å². The molecule has 6 heteroatoms. The monoisotopic (exact) mass is 443 g/mol. The van der Waals surface area contributed by atoms with Gasteiger partial charge in [0.05, 0.1) is 14.2 Å². The van der Waals surface area contributed by atoms with E-state index in [1.165, 1.54) is 26.4 Å². The predicted octanol–water partition coefficient (Wildman–Crippen LogP) is 5.45. The maximum atomic E-state index is 13.7. The summed E-state index contributed by atoms with van der Waals surface area (Å²) in [6.45, 7) is 0. The number of carbonyl (C=O) groups is 2. The Labute approximate surface area is 191 Å². The molecule has 0 spiro atoms. The van der Waals surface area contributed by atoms with Crippen LogP contribution in [-0.2, 0) is 15.9 Å². The van der Waals surface area contributed by atoms with E-state index >= 15 is 0 Å². The summed E-state index contributed by atoms with van der Waals surface area (Å²) in [6, 6.07) is 24.7. The third kappa shape index (κ3) is 4.28. The van der Waals surface area contributed by atoms with Crippen molar-refractivity contribution in [3.05, 3.63) is 113 Å². The summed E-state index contributed by atoms with van der Waals surface area (Å²) >= 11 is 0. The van der Waals surface area contributed by atoms with Gasteiger partial charge in [0, 0.05) is 23.4 Å². The van der Waals surface area contributed by atoms with E-state index < -0.39 is 17.8 Å². The van der Waals surface area contributed by atoms with Crippen LogP contribution in [0.15, 0.2) is 84.9 Å². The topological polar surface area (TPSA) is 57.5 Å². The zero-order chi connectivity index (χ0) is 23.4. The Kier molecular flexibility index (Phi) is 6.36. The lowest BCUT2D eigenvalue weighted by molar-refractivity contribution is 0.0550. The summed E-state index contributed by atoms with van der Waals surface area (Å²) < 4.78 is 25.6. The Morgan fingerprint density at radius 1 is 0.788 bits per heavy atom. The van der Waals surface area contributed by atoms with Gasteiger partial charge in [0.15, 0.2) is 0 Å². The first-order valence-corrected chi connectivity index (χ1v) is 10.3. The molecule has 166 valence electrons. The van der Waals surface area contributed by atoms with Crippen LogP contribution in [0.25, 0.3) is 16.8 Å². The van der Waals surface area contributed by atoms with Crippen molar-refractivity contribution in [2.45, 2.75) is 6.42 Å². The van der Waals surface area contributed by atoms with E-state index in [-0.39, 0.29) is 11.3 Å². The number of nitrogens with zero attached hydrogens (tertiary/aromatic N) is 1. The first-order chi connectivity index (χ1) is 16.0. The van der Waals surface area contributed by atoms with Crippen molar-refractivity contribution in [1.29, 1.82) is 0 Å². The number of benzene rings is 3. The van der Waals surface area contributed by atoms with E-state index in [2.05, 4.69) is 0 Å². The van der Waals surface area contributed by atoms with Crippen molar-refractivity contribution >= 4 is 11.9 Å². The van der Waals surface area contributed by atoms with Gasteiger partial charge in [-0.25, -0.2) is 14.0 Å². The fourth-order valence-corrected chi connectivity index (χ4v) is 3.96. The predicted molar refractivity (Wildman–Crippen MR) is 123 cm³/mol. The van der Waals surface area contributed by atoms with E-state index in [4.69, 9.17) is 9.47 Å². The molecular weight excluding hydrogens is 421 g/mol. The standard InChI is InChI=1S/C27H22FNO4/c1-32-26(30)24-23(19-13-15-20(28)16-14-19)22(17-18-9-5-3-6-10-18)29(25(24)27(31)33-2)21-11-7-4-8-12-21/h3-16H,17H2,1-2H3. The minimum Gasteiger partial charge on any atom is -0.465 e. The normalized spacial score (nSPS) is 10.6. The van der Waals surface area contributed by atoms with E-state index in [1.54, 1.807) is 16.7 Å². The Bertz CT molecular complexity index is 1280. The first-order valence-electron chi connectivity index (χ1n) is 10.3. The summed E-state index contributed by atoms with van der Waals surface area (Å²) in [7, 11) is 2.52. The molecule has 1 aromatic heterocycles. The Morgan fingerprint density at radius 3 is 1.94 bits per heavy atom. The largest absolute Gasteiger partial charge is 0.465 e. The minimum atomic E-state index is -0.682. The lowest BCUT2D eigenvalue weighted by Gasteiger charge is -2.14. The van der Waals surface area contributed by atoms with Crippen LogP contribution in [-0.4, -0.2) is 30.7 Å². The molecule has 0 fully saturated rings. The molecule has 0 saturated carbocycles. The summed E-state index contributed by atoms with van der Waals surface area (Å²) in [4.78, 5) is 26.1. The van der Waals surface area contributed by atoms with Gasteiger partial charge in [-0.05, 0) is 35.4 Å². The molecule has 0 atom stereocenters. The summed E-state index contributed by atoms with van der Waals surface area (Å²) in [5.74, 6) is -1.76. The highest BCUT2D eigenvalue weighted by atomic mass is 19.1. The number of hydrogen-bond donors (Lipinski definition) is 0. The summed E-state index contributed by atoms with van der Waals surface area (Å²) in [6.07, 6.45) is 0.406. The molecule has 5 nitrogen and oxygen atoms in total. The van der Waals surface area contributed by atoms with Crippen LogP contribution in [0.5, 0.6) is 0 Å². The number of ether oxygens (including phenoxy) is 2. The number of methoxy groups -OCH3 is 2. The van der Waals surface area contributed by atoms with Crippen LogP contribution >= 0.6 is 0 Å². The maximum absolute atomic E-state index is 13.7. The minimum absolute atomic E-state index is 0.0563. The highest BCUT2D eigenvalue weighted by Gasteiger charge is 2.33. The van der Waals surface area contributed by atoms with Crippen LogP contribution < -0.4 is 0 Å². The zero-order valence-electron chi connectivity index (χ0n) is 18.2. The second-order valence-electron chi connectivity index (χ2n) is 7.37. The van der Waals surface area contributed by atoms with Gasteiger partial charge in [-0.2, -0.15) is 0 Å². The van der Waals surface area contributed by atoms with Crippen LogP contribution in [0.1, 0.15) is 32.1 Å². The molecule has 0 amide bonds. The summed E-state index contributed by atoms with van der Waals surface area (Å²) in [5, 5.41) is 0. The van der Waals surface area contributed by atoms with Gasteiger partial charge < -0.3 is 14.0 Å². The van der Waals surface area contributed by atoms with Crippen LogP contribution in [0.3, 0.4) is 0 Å². The van der Waals surface area contributed by atoms with Crippen molar-refractivity contribution in [2.75, 3.05) is 14.2 Å². The highest BCUT2D eigenvalue weighted by Crippen LogP contribution is 2.37. The number of hydrogen-bond acceptors (Lipinski definition) is 4. The lowest BCUT2D eigenvalue weighted by Crippen LogP contribution is -2.15. The molecule has 4 rings (SSSR count). The fourth-order valence-electron chi connectivity index (χ4n) is 3.96. The molecule has 0 saturated heterocycles. The van der Waals surface area contributed by atoms with Crippen molar-refractivity contribution in [3.8, 4) is 16.8 Å². The molecule has 0 aliphatic carbocycles. The van der Waals surface area contributed by atoms with Gasteiger partial charge in [-0.3, -0.25) is 0 Å². The average molecular weight is 443 g/mol. The van der Waals surface area contributed by atoms with E-state index in [0.29, 0.717) is 28.9 Å². The Morgan fingerprint density at radius 2 is 1.36 bits per heavy atom. The SMILES string of the molecule is COC(=O)c1c(-c2ccc(F)cc2)c(Cc2ccccc2)n(-c2ccccc2)c1C(=O)OC. The number of aromatic nitrogens is 1. The number of halogens is 1. The van der Waals surface area contributed by atoms with Crippen molar-refractivity contribution in [1.82, 2.24) is 4.57 Å². The van der Waals surface area contributed by atoms with E-state index in [9.17, 15) is 14.0 Å². The van der Waals surface area contributed by atoms with Gasteiger partial charge in [0.1, 0.15) is 17.1 Å². The number of para-hydroxylation sites is 1. The van der Waals surface area contributed by atoms with Gasteiger partial charge in [0.25, 0.3) is 0 Å². The zero-order valence-corrected chi connectivity index (χ0v) is 18.2. The van der Waals surface area contributed by atoms with E-state index in [1.807, 2.05) is 60.7 Å². The average Bonchev–Trinajstić information content (AvgIpc) is 3.19. The lowest BCUT2D eigenvalue weighted by atomic mass is 9.97. The van der Waals surface area contributed by atoms with Crippen molar-refractivity contribution < 1.29 is 23.5 Å². The molecule has 0 radical (unpaired) electrons. The molecule has 0 unspecified atom stereocenters. The Hall–Kier alpha value is -4.19. The number of rotatable bonds is 6. The fraction of sp³-hybridized carbons (Fsp3) is 0.111. The van der Waals surface area contributed by atoms with E-state index in [0.717, 1.165) is 5.56 Å². The van der Waals surface area contributed by atoms with Gasteiger partial charge >= 0.3 is 11.9 Å². The number of carbonyl (C=O) groups excluding carboxylic acids is 2. The smallest absolute Gasteiger partial charge is 0.355 e. The highest BCUT2D eigenvalue weighted by molar-refractivity contribution is 6.09. The molecule has 4 aromatic rings. The molecule has 0 aliphatic rings. The molecule has 0 bridgehead atoms. The number of esters is 2. The second-order valence-corrected chi connectivity index (χ2v) is 7.37. The molecular formula is C27H22FNO4. The molecule has 0 aliphatic heterocycles. The molecule has 3 aromatic carbocycles. The van der Waals surface area contributed by atoms with Gasteiger partial charge in [-0.15, -0.1) is 0 Å². The van der Waals surface area contributed by atoms with Crippen molar-refractivity contribution in [2.24, 2.45) is 0 Å². The third-order valence-corrected chi connectivity index (χ3v) is 5.40. The maximum Gasteiger partial charge on any atom is 0.355 e. The molecule has 1 heterocycles. The second kappa shape index (κ2) is 9.53. The Balaban J connectivity index is 2.14. The first kappa shape index (κ1) is 22.0. The third-order valence-electron chi connectivity index (χ3n) is 5.40. The van der Waals surface area contributed by atoms with Gasteiger partial charge in [-0.1, -0.05) is 60.7 Å². The van der Waals surface area contributed by atoms with Gasteiger partial charge in [0.2, 0.25) is 0 Å². The van der Waals surface area contributed by atoms with Crippen molar-refractivity contribution in [3.63, 3.8) is 0 Å². The molecule has 33 heavy (non-hydrogen) atoms. The quantitative estimate of drug-likeness (QED) is 0.372. The summed E-state index contributed by atoms with van der Waals surface area (Å²) in [5.41, 5.74) is 3.55. The van der Waals surface area contributed by atoms with Crippen LogP contribution in [0.4, 0.5) is 4.39 Å². The van der Waals surface area contributed by atoms with Crippen LogP contribution in [0.2, 0.25) is 0 Å². The molecule has 0 N–H and O–H groups in total.